The fourth-order valence-corrected chi connectivity index (χ4v) is 2.62. The second kappa shape index (κ2) is 8.92. The monoisotopic (exact) mass is 394 g/mol. The van der Waals surface area contributed by atoms with E-state index in [2.05, 4.69) is 5.32 Å². The van der Waals surface area contributed by atoms with Crippen molar-refractivity contribution in [2.24, 2.45) is 0 Å². The minimum atomic E-state index is -0.719. The van der Waals surface area contributed by atoms with Crippen molar-refractivity contribution >= 4 is 35.0 Å². The Morgan fingerprint density at radius 3 is 2.35 bits per heavy atom. The first-order valence-corrected chi connectivity index (χ1v) is 8.73. The Hall–Kier alpha value is -2.24. The highest BCUT2D eigenvalue weighted by atomic mass is 35.5. The highest BCUT2D eigenvalue weighted by Crippen LogP contribution is 2.28. The first-order chi connectivity index (χ1) is 12.3. The predicted octanol–water partition coefficient (Wildman–Crippen LogP) is 3.78. The van der Waals surface area contributed by atoms with Crippen LogP contribution in [0.25, 0.3) is 0 Å². The van der Waals surface area contributed by atoms with Crippen LogP contribution in [-0.4, -0.2) is 36.9 Å². The zero-order valence-electron chi connectivity index (χ0n) is 14.8. The van der Waals surface area contributed by atoms with E-state index in [9.17, 15) is 9.59 Å². The molecule has 7 heteroatoms. The number of carbonyl (C=O) groups is 2. The number of carbonyl (C=O) groups excluding carboxylic acids is 2. The Balaban J connectivity index is 1.90. The molecule has 26 heavy (non-hydrogen) atoms. The molecule has 2 aromatic carbocycles. The van der Waals surface area contributed by atoms with Gasteiger partial charge in [0.2, 0.25) is 0 Å². The van der Waals surface area contributed by atoms with E-state index in [1.807, 2.05) is 0 Å². The van der Waals surface area contributed by atoms with Crippen molar-refractivity contribution in [3.8, 4) is 5.75 Å². The van der Waals surface area contributed by atoms with Gasteiger partial charge in [0.1, 0.15) is 5.75 Å². The first-order valence-electron chi connectivity index (χ1n) is 7.98. The zero-order valence-corrected chi connectivity index (χ0v) is 16.3. The average Bonchev–Trinajstić information content (AvgIpc) is 2.61. The molecule has 2 aromatic rings. The first kappa shape index (κ1) is 20.1. The standard InChI is InChI=1S/C19H20Cl2N2O3/c1-12(26-17-9-8-15(20)10-16(17)21)18(24)22-11-13-4-6-14(7-5-13)19(25)23(2)3/h4-10,12H,11H2,1-3H3,(H,22,24). The summed E-state index contributed by atoms with van der Waals surface area (Å²) in [6, 6.07) is 11.9. The summed E-state index contributed by atoms with van der Waals surface area (Å²) in [5, 5.41) is 3.63. The summed E-state index contributed by atoms with van der Waals surface area (Å²) in [6.45, 7) is 1.97. The number of amides is 2. The van der Waals surface area contributed by atoms with E-state index in [4.69, 9.17) is 27.9 Å². The van der Waals surface area contributed by atoms with E-state index < -0.39 is 6.10 Å². The van der Waals surface area contributed by atoms with Crippen LogP contribution in [0.3, 0.4) is 0 Å². The van der Waals surface area contributed by atoms with Crippen LogP contribution < -0.4 is 10.1 Å². The van der Waals surface area contributed by atoms with Crippen LogP contribution in [-0.2, 0) is 11.3 Å². The third-order valence-corrected chi connectivity index (χ3v) is 4.17. The molecule has 0 saturated carbocycles. The van der Waals surface area contributed by atoms with E-state index in [0.29, 0.717) is 27.9 Å². The number of nitrogens with zero attached hydrogens (tertiary/aromatic N) is 1. The third kappa shape index (κ3) is 5.38. The molecule has 2 rings (SSSR count). The Morgan fingerprint density at radius 2 is 1.77 bits per heavy atom. The van der Waals surface area contributed by atoms with Gasteiger partial charge in [0.25, 0.3) is 11.8 Å². The summed E-state index contributed by atoms with van der Waals surface area (Å²) in [6.07, 6.45) is -0.719. The van der Waals surface area contributed by atoms with Crippen LogP contribution in [0.4, 0.5) is 0 Å². The van der Waals surface area contributed by atoms with Crippen LogP contribution >= 0.6 is 23.2 Å². The van der Waals surface area contributed by atoms with Crippen molar-refractivity contribution in [3.05, 3.63) is 63.6 Å². The van der Waals surface area contributed by atoms with E-state index in [1.54, 1.807) is 63.5 Å². The van der Waals surface area contributed by atoms with Crippen LogP contribution in [0.5, 0.6) is 5.75 Å². The van der Waals surface area contributed by atoms with Gasteiger partial charge in [0.05, 0.1) is 5.02 Å². The summed E-state index contributed by atoms with van der Waals surface area (Å²) in [4.78, 5) is 25.6. The van der Waals surface area contributed by atoms with Gasteiger partial charge in [-0.3, -0.25) is 9.59 Å². The Bertz CT molecular complexity index is 792. The maximum absolute atomic E-state index is 12.2. The molecule has 0 aromatic heterocycles. The van der Waals surface area contributed by atoms with Crippen molar-refractivity contribution in [1.29, 1.82) is 0 Å². The zero-order chi connectivity index (χ0) is 19.3. The summed E-state index contributed by atoms with van der Waals surface area (Å²) in [5.41, 5.74) is 1.48. The Labute approximate surface area is 162 Å². The highest BCUT2D eigenvalue weighted by Gasteiger charge is 2.16. The topological polar surface area (TPSA) is 58.6 Å². The van der Waals surface area contributed by atoms with Gasteiger partial charge in [-0.1, -0.05) is 35.3 Å². The van der Waals surface area contributed by atoms with Gasteiger partial charge >= 0.3 is 0 Å². The van der Waals surface area contributed by atoms with Gasteiger partial charge in [0.15, 0.2) is 6.10 Å². The lowest BCUT2D eigenvalue weighted by molar-refractivity contribution is -0.127. The highest BCUT2D eigenvalue weighted by molar-refractivity contribution is 6.35. The van der Waals surface area contributed by atoms with Crippen LogP contribution in [0.2, 0.25) is 10.0 Å². The van der Waals surface area contributed by atoms with Crippen LogP contribution in [0.15, 0.2) is 42.5 Å². The molecule has 2 amide bonds. The molecule has 1 atom stereocenters. The lowest BCUT2D eigenvalue weighted by Gasteiger charge is -2.16. The molecule has 0 bridgehead atoms. The van der Waals surface area contributed by atoms with E-state index in [0.717, 1.165) is 5.56 Å². The predicted molar refractivity (Wildman–Crippen MR) is 103 cm³/mol. The lowest BCUT2D eigenvalue weighted by Crippen LogP contribution is -2.36. The summed E-state index contributed by atoms with van der Waals surface area (Å²) < 4.78 is 5.57. The van der Waals surface area contributed by atoms with Crippen LogP contribution in [0, 0.1) is 0 Å². The number of hydrogen-bond donors (Lipinski definition) is 1. The lowest BCUT2D eigenvalue weighted by atomic mass is 10.1. The van der Waals surface area contributed by atoms with E-state index >= 15 is 0 Å². The largest absolute Gasteiger partial charge is 0.479 e. The molecule has 0 radical (unpaired) electrons. The molecule has 1 unspecified atom stereocenters. The molecule has 0 aliphatic rings. The molecule has 5 nitrogen and oxygen atoms in total. The third-order valence-electron chi connectivity index (χ3n) is 3.64. The molecular weight excluding hydrogens is 375 g/mol. The molecule has 0 spiro atoms. The van der Waals surface area contributed by atoms with Crippen molar-refractivity contribution in [2.45, 2.75) is 19.6 Å². The van der Waals surface area contributed by atoms with Gasteiger partial charge < -0.3 is 15.0 Å². The minimum Gasteiger partial charge on any atom is -0.479 e. The number of rotatable bonds is 6. The molecule has 0 aliphatic heterocycles. The maximum atomic E-state index is 12.2. The maximum Gasteiger partial charge on any atom is 0.261 e. The average molecular weight is 395 g/mol. The molecule has 0 heterocycles. The normalized spacial score (nSPS) is 11.6. The fourth-order valence-electron chi connectivity index (χ4n) is 2.17. The van der Waals surface area contributed by atoms with Crippen molar-refractivity contribution in [2.75, 3.05) is 14.1 Å². The second-order valence-corrected chi connectivity index (χ2v) is 6.79. The number of halogens is 2. The van der Waals surface area contributed by atoms with Crippen molar-refractivity contribution in [1.82, 2.24) is 10.2 Å². The van der Waals surface area contributed by atoms with Crippen molar-refractivity contribution in [3.63, 3.8) is 0 Å². The van der Waals surface area contributed by atoms with E-state index in [1.165, 1.54) is 4.90 Å². The Kier molecular flexibility index (Phi) is 6.89. The molecule has 0 saturated heterocycles. The number of ether oxygens (including phenoxy) is 1. The molecule has 0 aliphatic carbocycles. The van der Waals surface area contributed by atoms with Gasteiger partial charge in [-0.2, -0.15) is 0 Å². The quantitative estimate of drug-likeness (QED) is 0.810. The molecule has 1 N–H and O–H groups in total. The number of benzene rings is 2. The fraction of sp³-hybridized carbons (Fsp3) is 0.263. The molecule has 0 fully saturated rings. The Morgan fingerprint density at radius 1 is 1.12 bits per heavy atom. The number of nitrogens with one attached hydrogen (secondary N) is 1. The SMILES string of the molecule is CC(Oc1ccc(Cl)cc1Cl)C(=O)NCc1ccc(C(=O)N(C)C)cc1. The minimum absolute atomic E-state index is 0.0672. The van der Waals surface area contributed by atoms with Gasteiger partial charge in [-0.25, -0.2) is 0 Å². The summed E-state index contributed by atoms with van der Waals surface area (Å²) in [5.74, 6) is 0.0529. The van der Waals surface area contributed by atoms with Crippen LogP contribution in [0.1, 0.15) is 22.8 Å². The second-order valence-electron chi connectivity index (χ2n) is 5.95. The molecule has 138 valence electrons. The van der Waals surface area contributed by atoms with Gasteiger partial charge in [0, 0.05) is 31.2 Å². The summed E-state index contributed by atoms with van der Waals surface area (Å²) >= 11 is 11.9. The van der Waals surface area contributed by atoms with Gasteiger partial charge in [-0.15, -0.1) is 0 Å². The van der Waals surface area contributed by atoms with Gasteiger partial charge in [-0.05, 0) is 42.8 Å². The van der Waals surface area contributed by atoms with E-state index in [-0.39, 0.29) is 11.8 Å². The van der Waals surface area contributed by atoms with Crippen molar-refractivity contribution < 1.29 is 14.3 Å². The summed E-state index contributed by atoms with van der Waals surface area (Å²) in [7, 11) is 3.40. The number of hydrogen-bond acceptors (Lipinski definition) is 3. The smallest absolute Gasteiger partial charge is 0.261 e. The molecular formula is C19H20Cl2N2O3.